The minimum Gasteiger partial charge on any atom is -0.323 e. The fourth-order valence-electron chi connectivity index (χ4n) is 3.74. The van der Waals surface area contributed by atoms with Gasteiger partial charge in [-0.25, -0.2) is 0 Å². The van der Waals surface area contributed by atoms with Crippen LogP contribution in [0.25, 0.3) is 0 Å². The first-order chi connectivity index (χ1) is 10.2. The zero-order chi connectivity index (χ0) is 15.2. The van der Waals surface area contributed by atoms with E-state index in [2.05, 4.69) is 60.9 Å². The summed E-state index contributed by atoms with van der Waals surface area (Å²) in [4.78, 5) is 5.20. The van der Waals surface area contributed by atoms with Crippen molar-refractivity contribution in [1.82, 2.24) is 9.80 Å². The molecular weight excluding hydrogens is 258 g/mol. The van der Waals surface area contributed by atoms with Crippen molar-refractivity contribution >= 4 is 0 Å². The maximum atomic E-state index is 6.56. The molecule has 1 fully saturated rings. The molecule has 0 aromatic heterocycles. The lowest BCUT2D eigenvalue weighted by Gasteiger charge is -2.33. The Hall–Kier alpha value is -0.900. The zero-order valence-electron chi connectivity index (χ0n) is 13.8. The Morgan fingerprint density at radius 3 is 2.43 bits per heavy atom. The Balaban J connectivity index is 2.02. The number of nitrogens with two attached hydrogens (primary N) is 1. The molecule has 0 saturated carbocycles. The Kier molecular flexibility index (Phi) is 6.22. The Bertz CT molecular complexity index is 402. The second kappa shape index (κ2) is 7.92. The van der Waals surface area contributed by atoms with Gasteiger partial charge in [0.1, 0.15) is 0 Å². The molecule has 0 spiro atoms. The van der Waals surface area contributed by atoms with Crippen molar-refractivity contribution in [2.45, 2.75) is 51.7 Å². The van der Waals surface area contributed by atoms with Crippen LogP contribution in [0.2, 0.25) is 0 Å². The number of likely N-dealkylation sites (N-methyl/N-ethyl adjacent to an activating group) is 1. The summed E-state index contributed by atoms with van der Waals surface area (Å²) < 4.78 is 0. The van der Waals surface area contributed by atoms with Gasteiger partial charge in [0, 0.05) is 31.2 Å². The van der Waals surface area contributed by atoms with Gasteiger partial charge in [-0.2, -0.15) is 0 Å². The van der Waals surface area contributed by atoms with E-state index in [9.17, 15) is 0 Å². The van der Waals surface area contributed by atoms with Crippen molar-refractivity contribution in [3.05, 3.63) is 35.9 Å². The van der Waals surface area contributed by atoms with Gasteiger partial charge in [0.05, 0.1) is 0 Å². The summed E-state index contributed by atoms with van der Waals surface area (Å²) in [5.41, 5.74) is 7.82. The van der Waals surface area contributed by atoms with Gasteiger partial charge in [-0.1, -0.05) is 51.1 Å². The van der Waals surface area contributed by atoms with Gasteiger partial charge in [-0.05, 0) is 31.5 Å². The van der Waals surface area contributed by atoms with E-state index in [1.807, 2.05) is 0 Å². The van der Waals surface area contributed by atoms with Crippen molar-refractivity contribution in [3.63, 3.8) is 0 Å². The lowest BCUT2D eigenvalue weighted by atomic mass is 9.97. The number of benzene rings is 1. The van der Waals surface area contributed by atoms with Crippen LogP contribution in [0.5, 0.6) is 0 Å². The Morgan fingerprint density at radius 1 is 1.19 bits per heavy atom. The summed E-state index contributed by atoms with van der Waals surface area (Å²) in [6.07, 6.45) is 2.39. The van der Waals surface area contributed by atoms with Gasteiger partial charge in [0.2, 0.25) is 0 Å². The third-order valence-corrected chi connectivity index (χ3v) is 5.01. The van der Waals surface area contributed by atoms with Crippen LogP contribution < -0.4 is 5.73 Å². The molecule has 0 aliphatic carbocycles. The average molecular weight is 289 g/mol. The SMILES string of the molecule is CCC(C(N)c1ccccc1)N1CCC(N(CC)CC)C1. The van der Waals surface area contributed by atoms with Crippen molar-refractivity contribution < 1.29 is 0 Å². The summed E-state index contributed by atoms with van der Waals surface area (Å²) in [7, 11) is 0. The summed E-state index contributed by atoms with van der Waals surface area (Å²) in [6, 6.07) is 11.8. The lowest BCUT2D eigenvalue weighted by molar-refractivity contribution is 0.169. The highest BCUT2D eigenvalue weighted by Gasteiger charge is 2.32. The van der Waals surface area contributed by atoms with Crippen molar-refractivity contribution in [2.75, 3.05) is 26.2 Å². The standard InChI is InChI=1S/C18H31N3/c1-4-17(18(19)15-10-8-7-9-11-15)21-13-12-16(14-21)20(5-2)6-3/h7-11,16-18H,4-6,12-14,19H2,1-3H3. The van der Waals surface area contributed by atoms with Gasteiger partial charge in [-0.15, -0.1) is 0 Å². The molecule has 1 heterocycles. The second-order valence-corrected chi connectivity index (χ2v) is 6.07. The van der Waals surface area contributed by atoms with Crippen molar-refractivity contribution in [2.24, 2.45) is 5.73 Å². The topological polar surface area (TPSA) is 32.5 Å². The van der Waals surface area contributed by atoms with Crippen molar-refractivity contribution in [1.29, 1.82) is 0 Å². The molecule has 1 aliphatic heterocycles. The normalized spacial score (nSPS) is 22.6. The largest absolute Gasteiger partial charge is 0.323 e. The molecule has 1 saturated heterocycles. The fourth-order valence-corrected chi connectivity index (χ4v) is 3.74. The number of hydrogen-bond donors (Lipinski definition) is 1. The van der Waals surface area contributed by atoms with E-state index in [0.717, 1.165) is 19.5 Å². The lowest BCUT2D eigenvalue weighted by Crippen LogP contribution is -2.44. The molecule has 1 aromatic carbocycles. The third-order valence-electron chi connectivity index (χ3n) is 5.01. The maximum absolute atomic E-state index is 6.56. The van der Waals surface area contributed by atoms with E-state index in [-0.39, 0.29) is 6.04 Å². The van der Waals surface area contributed by atoms with Crippen LogP contribution in [-0.2, 0) is 0 Å². The number of hydrogen-bond acceptors (Lipinski definition) is 3. The molecule has 3 heteroatoms. The first kappa shape index (κ1) is 16.5. The summed E-state index contributed by atoms with van der Waals surface area (Å²) in [5.74, 6) is 0. The van der Waals surface area contributed by atoms with Crippen LogP contribution in [0.1, 0.15) is 45.2 Å². The monoisotopic (exact) mass is 289 g/mol. The molecule has 0 radical (unpaired) electrons. The predicted molar refractivity (Wildman–Crippen MR) is 90.3 cm³/mol. The van der Waals surface area contributed by atoms with Gasteiger partial charge >= 0.3 is 0 Å². The molecule has 3 unspecified atom stereocenters. The smallest absolute Gasteiger partial charge is 0.0453 e. The molecule has 21 heavy (non-hydrogen) atoms. The number of rotatable bonds is 7. The second-order valence-electron chi connectivity index (χ2n) is 6.07. The minimum atomic E-state index is 0.117. The van der Waals surface area contributed by atoms with Crippen LogP contribution in [0.15, 0.2) is 30.3 Å². The molecule has 2 rings (SSSR count). The van der Waals surface area contributed by atoms with Crippen molar-refractivity contribution in [3.8, 4) is 0 Å². The van der Waals surface area contributed by atoms with E-state index < -0.39 is 0 Å². The Morgan fingerprint density at radius 2 is 1.86 bits per heavy atom. The average Bonchev–Trinajstić information content (AvgIpc) is 2.99. The molecule has 0 bridgehead atoms. The quantitative estimate of drug-likeness (QED) is 0.838. The maximum Gasteiger partial charge on any atom is 0.0453 e. The molecule has 3 nitrogen and oxygen atoms in total. The summed E-state index contributed by atoms with van der Waals surface area (Å²) >= 11 is 0. The highest BCUT2D eigenvalue weighted by atomic mass is 15.3. The summed E-state index contributed by atoms with van der Waals surface area (Å²) in [5, 5.41) is 0. The van der Waals surface area contributed by atoms with Crippen LogP contribution >= 0.6 is 0 Å². The Labute approximate surface area is 130 Å². The first-order valence-corrected chi connectivity index (χ1v) is 8.49. The fraction of sp³-hybridized carbons (Fsp3) is 0.667. The van der Waals surface area contributed by atoms with Crippen LogP contribution in [-0.4, -0.2) is 48.1 Å². The minimum absolute atomic E-state index is 0.117. The molecule has 3 atom stereocenters. The van der Waals surface area contributed by atoms with Crippen LogP contribution in [0.3, 0.4) is 0 Å². The van der Waals surface area contributed by atoms with Gasteiger partial charge < -0.3 is 5.73 Å². The third kappa shape index (κ3) is 3.85. The van der Waals surface area contributed by atoms with E-state index in [0.29, 0.717) is 12.1 Å². The molecule has 118 valence electrons. The van der Waals surface area contributed by atoms with Crippen LogP contribution in [0, 0.1) is 0 Å². The van der Waals surface area contributed by atoms with Gasteiger partial charge in [0.15, 0.2) is 0 Å². The predicted octanol–water partition coefficient (Wildman–Crippen LogP) is 2.88. The highest BCUT2D eigenvalue weighted by Crippen LogP contribution is 2.26. The highest BCUT2D eigenvalue weighted by molar-refractivity contribution is 5.20. The molecular formula is C18H31N3. The number of likely N-dealkylation sites (tertiary alicyclic amines) is 1. The molecule has 1 aromatic rings. The van der Waals surface area contributed by atoms with Gasteiger partial charge in [0.25, 0.3) is 0 Å². The molecule has 0 amide bonds. The van der Waals surface area contributed by atoms with Gasteiger partial charge in [-0.3, -0.25) is 9.80 Å². The van der Waals surface area contributed by atoms with E-state index in [1.165, 1.54) is 25.1 Å². The van der Waals surface area contributed by atoms with E-state index in [1.54, 1.807) is 0 Å². The number of nitrogens with zero attached hydrogens (tertiary/aromatic N) is 2. The summed E-state index contributed by atoms with van der Waals surface area (Å²) in [6.45, 7) is 11.4. The molecule has 2 N–H and O–H groups in total. The van der Waals surface area contributed by atoms with Crippen LogP contribution in [0.4, 0.5) is 0 Å². The molecule has 1 aliphatic rings. The van der Waals surface area contributed by atoms with E-state index >= 15 is 0 Å². The zero-order valence-corrected chi connectivity index (χ0v) is 13.8. The van der Waals surface area contributed by atoms with E-state index in [4.69, 9.17) is 5.73 Å². The first-order valence-electron chi connectivity index (χ1n) is 8.49.